The van der Waals surface area contributed by atoms with E-state index in [2.05, 4.69) is 9.97 Å². The summed E-state index contributed by atoms with van der Waals surface area (Å²) in [5, 5.41) is 10.4. The van der Waals surface area contributed by atoms with E-state index in [1.165, 1.54) is 12.4 Å². The molecule has 0 bridgehead atoms. The quantitative estimate of drug-likeness (QED) is 0.779. The van der Waals surface area contributed by atoms with Gasteiger partial charge in [0.1, 0.15) is 11.3 Å². The molecule has 1 unspecified atom stereocenters. The Morgan fingerprint density at radius 3 is 2.81 bits per heavy atom. The molecule has 1 atom stereocenters. The summed E-state index contributed by atoms with van der Waals surface area (Å²) in [6, 6.07) is 4.92. The lowest BCUT2D eigenvalue weighted by Crippen LogP contribution is -2.04. The molecule has 0 radical (unpaired) electrons. The van der Waals surface area contributed by atoms with Gasteiger partial charge in [-0.15, -0.1) is 0 Å². The maximum absolute atomic E-state index is 10.1. The molecule has 82 valence electrons. The van der Waals surface area contributed by atoms with Crippen molar-refractivity contribution in [2.45, 2.75) is 6.10 Å². The van der Waals surface area contributed by atoms with Gasteiger partial charge in [0.15, 0.2) is 0 Å². The molecule has 0 aliphatic rings. The van der Waals surface area contributed by atoms with Gasteiger partial charge in [-0.2, -0.15) is 0 Å². The molecule has 0 amide bonds. The summed E-state index contributed by atoms with van der Waals surface area (Å²) >= 11 is 5.75. The van der Waals surface area contributed by atoms with Gasteiger partial charge in [-0.3, -0.25) is 4.98 Å². The van der Waals surface area contributed by atoms with E-state index in [9.17, 15) is 5.11 Å². The third-order valence-electron chi connectivity index (χ3n) is 2.25. The average Bonchev–Trinajstić information content (AvgIpc) is 2.29. The summed E-state index contributed by atoms with van der Waals surface area (Å²) in [6.45, 7) is 0. The Morgan fingerprint density at radius 1 is 1.31 bits per heavy atom. The van der Waals surface area contributed by atoms with Crippen LogP contribution in [0.2, 0.25) is 5.15 Å². The second-order valence-electron chi connectivity index (χ2n) is 3.32. The zero-order valence-electron chi connectivity index (χ0n) is 8.34. The molecule has 0 spiro atoms. The van der Waals surface area contributed by atoms with Crippen molar-refractivity contribution >= 4 is 17.3 Å². The highest BCUT2D eigenvalue weighted by Crippen LogP contribution is 2.26. The van der Waals surface area contributed by atoms with Gasteiger partial charge in [-0.1, -0.05) is 11.6 Å². The zero-order chi connectivity index (χ0) is 11.5. The maximum atomic E-state index is 10.1. The molecule has 2 aromatic heterocycles. The summed E-state index contributed by atoms with van der Waals surface area (Å²) in [5.74, 6) is 0. The van der Waals surface area contributed by atoms with E-state index >= 15 is 0 Å². The van der Waals surface area contributed by atoms with Crippen LogP contribution in [-0.2, 0) is 0 Å². The van der Waals surface area contributed by atoms with Crippen LogP contribution in [0.5, 0.6) is 0 Å². The van der Waals surface area contributed by atoms with E-state index in [4.69, 9.17) is 17.3 Å². The number of pyridine rings is 2. The molecule has 0 saturated carbocycles. The fourth-order valence-corrected chi connectivity index (χ4v) is 1.60. The molecule has 16 heavy (non-hydrogen) atoms. The minimum atomic E-state index is -0.839. The molecule has 5 heteroatoms. The first kappa shape index (κ1) is 10.9. The summed E-state index contributed by atoms with van der Waals surface area (Å²) in [7, 11) is 0. The average molecular weight is 236 g/mol. The number of hydrogen-bond donors (Lipinski definition) is 2. The Balaban J connectivity index is 2.39. The largest absolute Gasteiger partial charge is 0.398 e. The van der Waals surface area contributed by atoms with Crippen LogP contribution in [0, 0.1) is 0 Å². The first-order valence-electron chi connectivity index (χ1n) is 4.67. The molecule has 0 aliphatic heterocycles. The topological polar surface area (TPSA) is 72.0 Å². The van der Waals surface area contributed by atoms with Crippen molar-refractivity contribution in [1.29, 1.82) is 0 Å². The Hall–Kier alpha value is -1.65. The number of rotatable bonds is 2. The normalized spacial score (nSPS) is 12.4. The monoisotopic (exact) mass is 235 g/mol. The SMILES string of the molecule is Nc1ccncc1C(O)c1ccnc(Cl)c1. The highest BCUT2D eigenvalue weighted by atomic mass is 35.5. The second kappa shape index (κ2) is 4.47. The molecule has 0 aliphatic carbocycles. The lowest BCUT2D eigenvalue weighted by Gasteiger charge is -2.12. The smallest absolute Gasteiger partial charge is 0.129 e. The number of halogens is 1. The Bertz CT molecular complexity index is 504. The van der Waals surface area contributed by atoms with Crippen LogP contribution in [0.1, 0.15) is 17.2 Å². The van der Waals surface area contributed by atoms with E-state index in [1.807, 2.05) is 0 Å². The van der Waals surface area contributed by atoms with Gasteiger partial charge in [0.05, 0.1) is 0 Å². The van der Waals surface area contributed by atoms with Crippen LogP contribution in [0.25, 0.3) is 0 Å². The van der Waals surface area contributed by atoms with Crippen LogP contribution >= 0.6 is 11.6 Å². The molecule has 2 rings (SSSR count). The zero-order valence-corrected chi connectivity index (χ0v) is 9.09. The van der Waals surface area contributed by atoms with Crippen LogP contribution < -0.4 is 5.73 Å². The standard InChI is InChI=1S/C11H10ClN3O/c12-10-5-7(1-4-15-10)11(16)8-6-14-3-2-9(8)13/h1-6,11,16H,(H2,13,14). The molecule has 4 nitrogen and oxygen atoms in total. The van der Waals surface area contributed by atoms with E-state index in [0.717, 1.165) is 0 Å². The first-order valence-corrected chi connectivity index (χ1v) is 5.05. The van der Waals surface area contributed by atoms with Crippen LogP contribution in [-0.4, -0.2) is 15.1 Å². The van der Waals surface area contributed by atoms with Gasteiger partial charge in [-0.05, 0) is 23.8 Å². The van der Waals surface area contributed by atoms with E-state index < -0.39 is 6.10 Å². The molecule has 0 aromatic carbocycles. The van der Waals surface area contributed by atoms with Crippen molar-refractivity contribution < 1.29 is 5.11 Å². The Labute approximate surface area is 97.7 Å². The summed E-state index contributed by atoms with van der Waals surface area (Å²) < 4.78 is 0. The molecule has 3 N–H and O–H groups in total. The molecule has 0 fully saturated rings. The van der Waals surface area contributed by atoms with Crippen molar-refractivity contribution in [3.8, 4) is 0 Å². The predicted molar refractivity (Wildman–Crippen MR) is 62.0 cm³/mol. The molecule has 2 aromatic rings. The molecule has 2 heterocycles. The number of aliphatic hydroxyl groups is 1. The number of nitrogens with zero attached hydrogens (tertiary/aromatic N) is 2. The second-order valence-corrected chi connectivity index (χ2v) is 3.71. The molecule has 0 saturated heterocycles. The summed E-state index contributed by atoms with van der Waals surface area (Å²) in [6.07, 6.45) is 3.81. The van der Waals surface area contributed by atoms with Gasteiger partial charge < -0.3 is 10.8 Å². The van der Waals surface area contributed by atoms with Gasteiger partial charge in [0, 0.05) is 29.8 Å². The first-order chi connectivity index (χ1) is 7.68. The minimum absolute atomic E-state index is 0.332. The highest BCUT2D eigenvalue weighted by Gasteiger charge is 2.13. The summed E-state index contributed by atoms with van der Waals surface area (Å²) in [4.78, 5) is 7.77. The number of nitrogen functional groups attached to an aromatic ring is 1. The Morgan fingerprint density at radius 2 is 2.12 bits per heavy atom. The van der Waals surface area contributed by atoms with Crippen LogP contribution in [0.4, 0.5) is 5.69 Å². The van der Waals surface area contributed by atoms with Crippen molar-refractivity contribution in [3.05, 3.63) is 53.1 Å². The van der Waals surface area contributed by atoms with E-state index in [1.54, 1.807) is 24.4 Å². The number of anilines is 1. The number of hydrogen-bond acceptors (Lipinski definition) is 4. The fourth-order valence-electron chi connectivity index (χ4n) is 1.41. The van der Waals surface area contributed by atoms with Crippen LogP contribution in [0.15, 0.2) is 36.8 Å². The third-order valence-corrected chi connectivity index (χ3v) is 2.45. The number of nitrogens with two attached hydrogens (primary N) is 1. The number of aromatic nitrogens is 2. The lowest BCUT2D eigenvalue weighted by molar-refractivity contribution is 0.220. The Kier molecular flexibility index (Phi) is 3.03. The maximum Gasteiger partial charge on any atom is 0.129 e. The van der Waals surface area contributed by atoms with Gasteiger partial charge in [0.2, 0.25) is 0 Å². The van der Waals surface area contributed by atoms with Crippen LogP contribution in [0.3, 0.4) is 0 Å². The van der Waals surface area contributed by atoms with Crippen molar-refractivity contribution in [3.63, 3.8) is 0 Å². The summed E-state index contributed by atoms with van der Waals surface area (Å²) in [5.41, 5.74) is 7.44. The highest BCUT2D eigenvalue weighted by molar-refractivity contribution is 6.29. The predicted octanol–water partition coefficient (Wildman–Crippen LogP) is 1.79. The van der Waals surface area contributed by atoms with Crippen molar-refractivity contribution in [2.75, 3.05) is 5.73 Å². The molecular formula is C11H10ClN3O. The van der Waals surface area contributed by atoms with Gasteiger partial charge in [-0.25, -0.2) is 4.98 Å². The minimum Gasteiger partial charge on any atom is -0.398 e. The molecular weight excluding hydrogens is 226 g/mol. The van der Waals surface area contributed by atoms with Gasteiger partial charge >= 0.3 is 0 Å². The lowest BCUT2D eigenvalue weighted by atomic mass is 10.0. The van der Waals surface area contributed by atoms with Gasteiger partial charge in [0.25, 0.3) is 0 Å². The fraction of sp³-hybridized carbons (Fsp3) is 0.0909. The number of aliphatic hydroxyl groups excluding tert-OH is 1. The van der Waals surface area contributed by atoms with E-state index in [0.29, 0.717) is 22.0 Å². The van der Waals surface area contributed by atoms with Crippen molar-refractivity contribution in [1.82, 2.24) is 9.97 Å². The third kappa shape index (κ3) is 2.13. The van der Waals surface area contributed by atoms with E-state index in [-0.39, 0.29) is 0 Å². The van der Waals surface area contributed by atoms with Crippen molar-refractivity contribution in [2.24, 2.45) is 0 Å².